The smallest absolute Gasteiger partial charge is 0.231 e. The molecule has 0 saturated heterocycles. The summed E-state index contributed by atoms with van der Waals surface area (Å²) in [6, 6.07) is 3.98. The van der Waals surface area contributed by atoms with Crippen LogP contribution in [0.5, 0.6) is 11.5 Å². The molecule has 20 heavy (non-hydrogen) atoms. The van der Waals surface area contributed by atoms with Gasteiger partial charge in [-0.05, 0) is 48.9 Å². The van der Waals surface area contributed by atoms with E-state index in [0.29, 0.717) is 10.8 Å². The van der Waals surface area contributed by atoms with Crippen LogP contribution in [0.2, 0.25) is 5.02 Å². The van der Waals surface area contributed by atoms with Crippen LogP contribution < -0.4 is 14.8 Å². The van der Waals surface area contributed by atoms with E-state index >= 15 is 0 Å². The number of halogens is 1. The van der Waals surface area contributed by atoms with Crippen LogP contribution in [0.1, 0.15) is 38.2 Å². The Morgan fingerprint density at radius 1 is 1.20 bits per heavy atom. The Hall–Kier alpha value is -0.930. The molecule has 3 rings (SSSR count). The zero-order chi connectivity index (χ0) is 13.9. The van der Waals surface area contributed by atoms with Gasteiger partial charge in [0, 0.05) is 6.54 Å². The standard InChI is InChI=1S/C16H22ClNO2/c1-11-2-4-12(5-3-11)8-18-9-13-6-14(17)16-15(7-13)19-10-20-16/h6-7,11-12,18H,2-5,8-10H2,1H3. The lowest BCUT2D eigenvalue weighted by Gasteiger charge is -2.26. The number of hydrogen-bond acceptors (Lipinski definition) is 3. The van der Waals surface area contributed by atoms with Gasteiger partial charge in [-0.2, -0.15) is 0 Å². The fraction of sp³-hybridized carbons (Fsp3) is 0.625. The highest BCUT2D eigenvalue weighted by atomic mass is 35.5. The summed E-state index contributed by atoms with van der Waals surface area (Å²) in [5.74, 6) is 3.19. The molecule has 1 heterocycles. The summed E-state index contributed by atoms with van der Waals surface area (Å²) in [6.45, 7) is 4.56. The first kappa shape index (κ1) is 14.0. The van der Waals surface area contributed by atoms with Gasteiger partial charge >= 0.3 is 0 Å². The lowest BCUT2D eigenvalue weighted by Crippen LogP contribution is -2.25. The van der Waals surface area contributed by atoms with Crippen LogP contribution in [0.4, 0.5) is 0 Å². The van der Waals surface area contributed by atoms with E-state index in [-0.39, 0.29) is 6.79 Å². The number of fused-ring (bicyclic) bond motifs is 1. The zero-order valence-electron chi connectivity index (χ0n) is 12.0. The van der Waals surface area contributed by atoms with Gasteiger partial charge in [0.1, 0.15) is 0 Å². The Morgan fingerprint density at radius 3 is 2.80 bits per heavy atom. The third-order valence-electron chi connectivity index (χ3n) is 4.38. The monoisotopic (exact) mass is 295 g/mol. The molecular weight excluding hydrogens is 274 g/mol. The van der Waals surface area contributed by atoms with Crippen molar-refractivity contribution in [3.63, 3.8) is 0 Å². The molecule has 0 amide bonds. The highest BCUT2D eigenvalue weighted by Gasteiger charge is 2.19. The molecule has 1 N–H and O–H groups in total. The van der Waals surface area contributed by atoms with Gasteiger partial charge in [-0.3, -0.25) is 0 Å². The van der Waals surface area contributed by atoms with Crippen molar-refractivity contribution < 1.29 is 9.47 Å². The minimum atomic E-state index is 0.270. The van der Waals surface area contributed by atoms with Crippen molar-refractivity contribution in [3.05, 3.63) is 22.7 Å². The number of nitrogens with one attached hydrogen (secondary N) is 1. The van der Waals surface area contributed by atoms with Gasteiger partial charge in [-0.25, -0.2) is 0 Å². The van der Waals surface area contributed by atoms with Crippen molar-refractivity contribution in [3.8, 4) is 11.5 Å². The Kier molecular flexibility index (Phi) is 4.37. The molecule has 2 aliphatic rings. The van der Waals surface area contributed by atoms with Gasteiger partial charge in [-0.15, -0.1) is 0 Å². The van der Waals surface area contributed by atoms with E-state index in [0.717, 1.165) is 36.2 Å². The Balaban J connectivity index is 1.50. The molecule has 1 aromatic carbocycles. The molecule has 0 aromatic heterocycles. The second-order valence-corrected chi connectivity index (χ2v) is 6.48. The maximum Gasteiger partial charge on any atom is 0.231 e. The van der Waals surface area contributed by atoms with Crippen LogP contribution in [0.15, 0.2) is 12.1 Å². The Morgan fingerprint density at radius 2 is 2.00 bits per heavy atom. The molecular formula is C16H22ClNO2. The molecule has 3 nitrogen and oxygen atoms in total. The minimum absolute atomic E-state index is 0.270. The van der Waals surface area contributed by atoms with E-state index in [2.05, 4.69) is 12.2 Å². The SMILES string of the molecule is CC1CCC(CNCc2cc(Cl)c3c(c2)OCO3)CC1. The van der Waals surface area contributed by atoms with Gasteiger partial charge in [0.05, 0.1) is 5.02 Å². The third kappa shape index (κ3) is 3.21. The van der Waals surface area contributed by atoms with E-state index < -0.39 is 0 Å². The first-order valence-electron chi connectivity index (χ1n) is 7.51. The van der Waals surface area contributed by atoms with Crippen LogP contribution in [0.3, 0.4) is 0 Å². The van der Waals surface area contributed by atoms with Gasteiger partial charge in [0.25, 0.3) is 0 Å². The van der Waals surface area contributed by atoms with Gasteiger partial charge < -0.3 is 14.8 Å². The van der Waals surface area contributed by atoms with Crippen molar-refractivity contribution in [1.82, 2.24) is 5.32 Å². The van der Waals surface area contributed by atoms with Gasteiger partial charge in [-0.1, -0.05) is 31.4 Å². The lowest BCUT2D eigenvalue weighted by atomic mass is 9.83. The maximum atomic E-state index is 6.19. The summed E-state index contributed by atoms with van der Waals surface area (Å²) in [4.78, 5) is 0. The van der Waals surface area contributed by atoms with Crippen molar-refractivity contribution >= 4 is 11.6 Å². The zero-order valence-corrected chi connectivity index (χ0v) is 12.7. The molecule has 0 radical (unpaired) electrons. The molecule has 4 heteroatoms. The molecule has 0 bridgehead atoms. The van der Waals surface area contributed by atoms with Crippen LogP contribution in [-0.2, 0) is 6.54 Å². The number of rotatable bonds is 4. The van der Waals surface area contributed by atoms with E-state index in [9.17, 15) is 0 Å². The summed E-state index contributed by atoms with van der Waals surface area (Å²) < 4.78 is 10.7. The maximum absolute atomic E-state index is 6.19. The normalized spacial score (nSPS) is 24.9. The molecule has 1 fully saturated rings. The summed E-state index contributed by atoms with van der Waals surface area (Å²) in [6.07, 6.45) is 5.47. The van der Waals surface area contributed by atoms with Gasteiger partial charge in [0.2, 0.25) is 6.79 Å². The number of hydrogen-bond donors (Lipinski definition) is 1. The lowest BCUT2D eigenvalue weighted by molar-refractivity contribution is 0.174. The Bertz CT molecular complexity index is 470. The fourth-order valence-corrected chi connectivity index (χ4v) is 3.36. The molecule has 1 aliphatic carbocycles. The summed E-state index contributed by atoms with van der Waals surface area (Å²) in [5.41, 5.74) is 1.16. The van der Waals surface area contributed by atoms with Crippen molar-refractivity contribution in [1.29, 1.82) is 0 Å². The molecule has 0 unspecified atom stereocenters. The first-order valence-corrected chi connectivity index (χ1v) is 7.89. The van der Waals surface area contributed by atoms with E-state index in [1.165, 1.54) is 25.7 Å². The van der Waals surface area contributed by atoms with Gasteiger partial charge in [0.15, 0.2) is 11.5 Å². The largest absolute Gasteiger partial charge is 0.454 e. The predicted molar refractivity (Wildman–Crippen MR) is 80.4 cm³/mol. The average molecular weight is 296 g/mol. The minimum Gasteiger partial charge on any atom is -0.454 e. The van der Waals surface area contributed by atoms with E-state index in [4.69, 9.17) is 21.1 Å². The summed E-state index contributed by atoms with van der Waals surface area (Å²) in [7, 11) is 0. The first-order chi connectivity index (χ1) is 9.72. The molecule has 0 spiro atoms. The Labute approximate surface area is 125 Å². The molecule has 1 aromatic rings. The second kappa shape index (κ2) is 6.23. The number of benzene rings is 1. The molecule has 1 aliphatic heterocycles. The van der Waals surface area contributed by atoms with Crippen LogP contribution in [0.25, 0.3) is 0 Å². The van der Waals surface area contributed by atoms with Crippen molar-refractivity contribution in [2.45, 2.75) is 39.2 Å². The molecule has 1 saturated carbocycles. The van der Waals surface area contributed by atoms with Crippen LogP contribution >= 0.6 is 11.6 Å². The fourth-order valence-electron chi connectivity index (χ4n) is 3.08. The van der Waals surface area contributed by atoms with E-state index in [1.54, 1.807) is 0 Å². The highest BCUT2D eigenvalue weighted by Crippen LogP contribution is 2.39. The second-order valence-electron chi connectivity index (χ2n) is 6.07. The molecule has 110 valence electrons. The number of ether oxygens (including phenoxy) is 2. The third-order valence-corrected chi connectivity index (χ3v) is 4.67. The average Bonchev–Trinajstić information content (AvgIpc) is 2.90. The highest BCUT2D eigenvalue weighted by molar-refractivity contribution is 6.32. The van der Waals surface area contributed by atoms with E-state index in [1.807, 2.05) is 12.1 Å². The molecule has 0 atom stereocenters. The summed E-state index contributed by atoms with van der Waals surface area (Å²) in [5, 5.41) is 4.19. The summed E-state index contributed by atoms with van der Waals surface area (Å²) >= 11 is 6.19. The van der Waals surface area contributed by atoms with Crippen LogP contribution in [-0.4, -0.2) is 13.3 Å². The quantitative estimate of drug-likeness (QED) is 0.911. The topological polar surface area (TPSA) is 30.5 Å². The van der Waals surface area contributed by atoms with Crippen LogP contribution in [0, 0.1) is 11.8 Å². The van der Waals surface area contributed by atoms with Crippen molar-refractivity contribution in [2.75, 3.05) is 13.3 Å². The predicted octanol–water partition coefficient (Wildman–Crippen LogP) is 3.98. The van der Waals surface area contributed by atoms with Crippen molar-refractivity contribution in [2.24, 2.45) is 11.8 Å².